The molecule has 3 heterocycles. The third kappa shape index (κ3) is 8.66. The number of carboxylic acids is 1. The summed E-state index contributed by atoms with van der Waals surface area (Å²) < 4.78 is 31.7. The molecule has 262 valence electrons. The summed E-state index contributed by atoms with van der Waals surface area (Å²) in [5.74, 6) is -1.81. The molecule has 5 rings (SSSR count). The van der Waals surface area contributed by atoms with E-state index < -0.39 is 17.7 Å². The molecule has 3 amide bonds. The molecule has 0 bridgehead atoms. The maximum absolute atomic E-state index is 13.8. The van der Waals surface area contributed by atoms with Crippen molar-refractivity contribution in [1.82, 2.24) is 20.0 Å². The Bertz CT molecular complexity index is 1250. The van der Waals surface area contributed by atoms with Gasteiger partial charge in [0.1, 0.15) is 11.6 Å². The first-order valence-corrected chi connectivity index (χ1v) is 17.3. The van der Waals surface area contributed by atoms with Crippen molar-refractivity contribution < 1.29 is 37.5 Å². The number of nitrogens with zero attached hydrogens (tertiary/aromatic N) is 3. The Hall–Kier alpha value is -3.15. The number of hydrogen-bond acceptors (Lipinski definition) is 5. The van der Waals surface area contributed by atoms with Gasteiger partial charge in [-0.25, -0.2) is 4.79 Å². The molecule has 9 nitrogen and oxygen atoms in total. The molecule has 1 aromatic carbocycles. The van der Waals surface area contributed by atoms with Crippen molar-refractivity contribution in [3.8, 4) is 0 Å². The molecule has 1 saturated carbocycles. The molecule has 4 aliphatic rings. The van der Waals surface area contributed by atoms with Crippen molar-refractivity contribution in [2.45, 2.75) is 122 Å². The summed E-state index contributed by atoms with van der Waals surface area (Å²) in [4.78, 5) is 56.3. The Morgan fingerprint density at radius 1 is 0.957 bits per heavy atom. The van der Waals surface area contributed by atoms with Crippen molar-refractivity contribution in [3.63, 3.8) is 0 Å². The zero-order valence-electron chi connectivity index (χ0n) is 28.0. The van der Waals surface area contributed by atoms with Gasteiger partial charge in [-0.2, -0.15) is 13.2 Å². The molecule has 0 radical (unpaired) electrons. The predicted octanol–water partition coefficient (Wildman–Crippen LogP) is 5.47. The van der Waals surface area contributed by atoms with Gasteiger partial charge in [0.25, 0.3) is 5.91 Å². The highest BCUT2D eigenvalue weighted by atomic mass is 19.4. The third-order valence-electron chi connectivity index (χ3n) is 10.7. The van der Waals surface area contributed by atoms with E-state index >= 15 is 0 Å². The van der Waals surface area contributed by atoms with Gasteiger partial charge >= 0.3 is 12.1 Å². The number of carbonyl (C=O) groups is 4. The molecule has 12 heteroatoms. The van der Waals surface area contributed by atoms with E-state index in [4.69, 9.17) is 9.90 Å². The smallest absolute Gasteiger partial charge is 0.475 e. The number of piperazine rings is 1. The zero-order chi connectivity index (χ0) is 34.4. The summed E-state index contributed by atoms with van der Waals surface area (Å²) in [6.45, 7) is 10.1. The molecule has 47 heavy (non-hydrogen) atoms. The Kier molecular flexibility index (Phi) is 12.4. The van der Waals surface area contributed by atoms with Crippen LogP contribution in [0.15, 0.2) is 18.2 Å². The molecule has 1 aromatic rings. The average molecular weight is 665 g/mol. The number of halogens is 3. The first-order valence-electron chi connectivity index (χ1n) is 17.3. The first kappa shape index (κ1) is 36.7. The number of likely N-dealkylation sites (tertiary alicyclic amines) is 2. The number of alkyl halides is 3. The summed E-state index contributed by atoms with van der Waals surface area (Å²) in [6.07, 6.45) is 7.14. The lowest BCUT2D eigenvalue weighted by molar-refractivity contribution is -0.192. The van der Waals surface area contributed by atoms with Gasteiger partial charge in [0.05, 0.1) is 0 Å². The lowest BCUT2D eigenvalue weighted by Gasteiger charge is -2.53. The van der Waals surface area contributed by atoms with E-state index in [1.54, 1.807) is 0 Å². The van der Waals surface area contributed by atoms with Crippen LogP contribution in [0.3, 0.4) is 0 Å². The van der Waals surface area contributed by atoms with E-state index in [1.165, 1.54) is 32.1 Å². The van der Waals surface area contributed by atoms with E-state index in [2.05, 4.69) is 17.1 Å². The number of carboxylic acid groups (broad SMARTS) is 1. The SMILES string of the molecule is CCCCN1C(=O)C(CC2CCCCC2)NC(=O)C12CCN(C1CCN(C(=O)c3c(C)cccc3C)CC1)CC2.O=C(O)C(F)(F)F. The lowest BCUT2D eigenvalue weighted by Crippen LogP contribution is -2.73. The highest BCUT2D eigenvalue weighted by Crippen LogP contribution is 2.37. The topological polar surface area (TPSA) is 110 Å². The summed E-state index contributed by atoms with van der Waals surface area (Å²) in [5.41, 5.74) is 2.23. The number of carbonyl (C=O) groups excluding carboxylic acids is 3. The number of piperidine rings is 2. The molecule has 1 atom stereocenters. The highest BCUT2D eigenvalue weighted by molar-refractivity contribution is 6.00. The number of aliphatic carboxylic acids is 1. The quantitative estimate of drug-likeness (QED) is 0.400. The lowest BCUT2D eigenvalue weighted by atomic mass is 9.78. The van der Waals surface area contributed by atoms with E-state index in [0.29, 0.717) is 31.3 Å². The van der Waals surface area contributed by atoms with Crippen molar-refractivity contribution in [1.29, 1.82) is 0 Å². The maximum atomic E-state index is 13.8. The molecule has 1 spiro atoms. The summed E-state index contributed by atoms with van der Waals surface area (Å²) in [5, 5.41) is 10.3. The second kappa shape index (κ2) is 15.8. The Balaban J connectivity index is 0.000000644. The van der Waals surface area contributed by atoms with Crippen LogP contribution in [0.2, 0.25) is 0 Å². The largest absolute Gasteiger partial charge is 0.490 e. The normalized spacial score (nSPS) is 22.9. The number of nitrogens with one attached hydrogen (secondary N) is 1. The van der Waals surface area contributed by atoms with Gasteiger partial charge in [0, 0.05) is 44.3 Å². The van der Waals surface area contributed by atoms with Crippen molar-refractivity contribution in [2.24, 2.45) is 5.92 Å². The second-order valence-corrected chi connectivity index (χ2v) is 13.8. The van der Waals surface area contributed by atoms with E-state index in [0.717, 1.165) is 75.0 Å². The van der Waals surface area contributed by atoms with Crippen LogP contribution in [0.25, 0.3) is 0 Å². The zero-order valence-corrected chi connectivity index (χ0v) is 28.0. The van der Waals surface area contributed by atoms with Crippen LogP contribution in [-0.4, -0.2) is 100 Å². The molecule has 3 aliphatic heterocycles. The van der Waals surface area contributed by atoms with Crippen molar-refractivity contribution in [2.75, 3.05) is 32.7 Å². The van der Waals surface area contributed by atoms with Crippen LogP contribution >= 0.6 is 0 Å². The number of aryl methyl sites for hydroxylation is 2. The minimum Gasteiger partial charge on any atom is -0.475 e. The Labute approximate surface area is 276 Å². The fourth-order valence-corrected chi connectivity index (χ4v) is 7.93. The van der Waals surface area contributed by atoms with Crippen molar-refractivity contribution >= 4 is 23.7 Å². The minimum absolute atomic E-state index is 0.0812. The number of unbranched alkanes of at least 4 members (excludes halogenated alkanes) is 1. The highest BCUT2D eigenvalue weighted by Gasteiger charge is 2.54. The maximum Gasteiger partial charge on any atom is 0.490 e. The van der Waals surface area contributed by atoms with Crippen LogP contribution in [0.5, 0.6) is 0 Å². The summed E-state index contributed by atoms with van der Waals surface area (Å²) in [7, 11) is 0. The monoisotopic (exact) mass is 664 g/mol. The van der Waals surface area contributed by atoms with Crippen LogP contribution in [0.1, 0.15) is 105 Å². The first-order chi connectivity index (χ1) is 22.3. The summed E-state index contributed by atoms with van der Waals surface area (Å²) in [6, 6.07) is 6.12. The number of hydrogen-bond donors (Lipinski definition) is 2. The molecule has 0 aromatic heterocycles. The van der Waals surface area contributed by atoms with Gasteiger partial charge in [-0.3, -0.25) is 14.4 Å². The molecular formula is C35H51F3N4O5. The van der Waals surface area contributed by atoms with Gasteiger partial charge in [0.2, 0.25) is 11.8 Å². The van der Waals surface area contributed by atoms with Crippen LogP contribution in [-0.2, 0) is 14.4 Å². The molecule has 3 saturated heterocycles. The molecule has 1 unspecified atom stereocenters. The third-order valence-corrected chi connectivity index (χ3v) is 10.7. The van der Waals surface area contributed by atoms with Crippen LogP contribution in [0.4, 0.5) is 13.2 Å². The van der Waals surface area contributed by atoms with E-state index in [9.17, 15) is 27.6 Å². The van der Waals surface area contributed by atoms with E-state index in [1.807, 2.05) is 41.8 Å². The number of benzene rings is 1. The molecular weight excluding hydrogens is 613 g/mol. The Morgan fingerprint density at radius 3 is 2.06 bits per heavy atom. The molecule has 1 aliphatic carbocycles. The number of rotatable bonds is 7. The Morgan fingerprint density at radius 2 is 1.53 bits per heavy atom. The molecule has 2 N–H and O–H groups in total. The van der Waals surface area contributed by atoms with Crippen LogP contribution in [0, 0.1) is 19.8 Å². The van der Waals surface area contributed by atoms with Gasteiger partial charge in [-0.05, 0) is 69.4 Å². The fraction of sp³-hybridized carbons (Fsp3) is 0.714. The standard InChI is InChI=1S/C33H50N4O3.C2HF3O2/c1-4-5-18-37-30(38)28(23-26-12-7-6-8-13-26)34-32(40)33(37)16-21-35(22-17-33)27-14-19-36(20-15-27)31(39)29-24(2)10-9-11-25(29)3;3-2(4,5)1(6)7/h9-11,26-28H,4-8,12-23H2,1-3H3,(H,34,40);(H,6,7). The van der Waals surface area contributed by atoms with Gasteiger partial charge < -0.3 is 25.1 Å². The predicted molar refractivity (Wildman–Crippen MR) is 172 cm³/mol. The van der Waals surface area contributed by atoms with E-state index in [-0.39, 0.29) is 23.8 Å². The fourth-order valence-electron chi connectivity index (χ4n) is 7.93. The van der Waals surface area contributed by atoms with Crippen molar-refractivity contribution in [3.05, 3.63) is 34.9 Å². The average Bonchev–Trinajstić information content (AvgIpc) is 3.04. The van der Waals surface area contributed by atoms with Gasteiger partial charge in [0.15, 0.2) is 0 Å². The second-order valence-electron chi connectivity index (χ2n) is 13.8. The molecule has 4 fully saturated rings. The van der Waals surface area contributed by atoms with Gasteiger partial charge in [-0.1, -0.05) is 63.6 Å². The minimum atomic E-state index is -5.08. The number of amides is 3. The van der Waals surface area contributed by atoms with Gasteiger partial charge in [-0.15, -0.1) is 0 Å². The van der Waals surface area contributed by atoms with Crippen LogP contribution < -0.4 is 5.32 Å². The summed E-state index contributed by atoms with van der Waals surface area (Å²) >= 11 is 0.